The number of Topliss-reactive ketones (excluding diaryl/α,β-unsaturated/α-hetero) is 1. The Hall–Kier alpha value is -1.16. The molecule has 24 heavy (non-hydrogen) atoms. The van der Waals surface area contributed by atoms with E-state index in [4.69, 9.17) is 0 Å². The van der Waals surface area contributed by atoms with E-state index in [1.807, 2.05) is 6.20 Å². The summed E-state index contributed by atoms with van der Waals surface area (Å²) < 4.78 is 0. The lowest BCUT2D eigenvalue weighted by molar-refractivity contribution is -0.102. The molecule has 3 saturated carbocycles. The van der Waals surface area contributed by atoms with Gasteiger partial charge in [0.2, 0.25) is 0 Å². The van der Waals surface area contributed by atoms with E-state index in [1.165, 1.54) is 12.8 Å². The Balaban J connectivity index is 1.54. The lowest BCUT2D eigenvalue weighted by Gasteiger charge is -2.59. The number of hydrogen-bond acceptors (Lipinski definition) is 3. The van der Waals surface area contributed by atoms with E-state index in [1.54, 1.807) is 0 Å². The molecule has 0 saturated heterocycles. The molecule has 1 aromatic heterocycles. The minimum absolute atomic E-state index is 0.0751. The summed E-state index contributed by atoms with van der Waals surface area (Å²) in [5.74, 6) is 2.40. The molecule has 3 fully saturated rings. The maximum absolute atomic E-state index is 13.0. The van der Waals surface area contributed by atoms with Crippen LogP contribution in [0.15, 0.2) is 6.20 Å². The number of aliphatic hydroxyl groups excluding tert-OH is 1. The molecule has 0 radical (unpaired) electrons. The summed E-state index contributed by atoms with van der Waals surface area (Å²) in [6.07, 6.45) is 9.33. The number of fused-ring (bicyclic) bond motifs is 6. The van der Waals surface area contributed by atoms with Crippen LogP contribution >= 0.6 is 0 Å². The molecule has 3 unspecified atom stereocenters. The van der Waals surface area contributed by atoms with Crippen LogP contribution in [-0.4, -0.2) is 27.2 Å². The van der Waals surface area contributed by atoms with E-state index in [9.17, 15) is 9.90 Å². The molecule has 0 aromatic carbocycles. The molecule has 4 heteroatoms. The molecule has 4 aliphatic carbocycles. The molecule has 0 bridgehead atoms. The first kappa shape index (κ1) is 15.1. The zero-order valence-electron chi connectivity index (χ0n) is 14.7. The summed E-state index contributed by atoms with van der Waals surface area (Å²) in [5, 5.41) is 17.6. The van der Waals surface area contributed by atoms with Crippen molar-refractivity contribution in [2.24, 2.45) is 34.5 Å². The highest BCUT2D eigenvalue weighted by Gasteiger charge is 2.61. The van der Waals surface area contributed by atoms with E-state index in [0.29, 0.717) is 23.5 Å². The van der Waals surface area contributed by atoms with Gasteiger partial charge in [-0.3, -0.25) is 9.89 Å². The van der Waals surface area contributed by atoms with Gasteiger partial charge in [0.05, 0.1) is 12.3 Å². The monoisotopic (exact) mass is 328 g/mol. The first-order valence-corrected chi connectivity index (χ1v) is 9.69. The molecule has 4 aliphatic rings. The van der Waals surface area contributed by atoms with Crippen molar-refractivity contribution >= 4 is 5.78 Å². The van der Waals surface area contributed by atoms with Gasteiger partial charge in [-0.15, -0.1) is 0 Å². The number of nitrogens with one attached hydrogen (secondary N) is 1. The van der Waals surface area contributed by atoms with Crippen LogP contribution in [0.5, 0.6) is 0 Å². The minimum Gasteiger partial charge on any atom is -0.393 e. The van der Waals surface area contributed by atoms with Crippen molar-refractivity contribution in [2.75, 3.05) is 0 Å². The second kappa shape index (κ2) is 4.72. The fourth-order valence-corrected chi connectivity index (χ4v) is 7.36. The standard InChI is InChI=1S/C20H28N2O2/c1-19-8-7-14-12(13(19)5-6-16(19)23)3-4-15-18(24)17-11(10-21-22-17)9-20(14,15)2/h10,12-16,23H,3-9H2,1-2H3,(H,21,22)/t12-,13?,14?,15?,16-,19-,20+/m0/s1. The number of carbonyl (C=O) groups excluding carboxylic acids is 1. The highest BCUT2D eigenvalue weighted by Crippen LogP contribution is 2.65. The summed E-state index contributed by atoms with van der Waals surface area (Å²) in [6, 6.07) is 0. The van der Waals surface area contributed by atoms with Gasteiger partial charge in [0.1, 0.15) is 5.69 Å². The summed E-state index contributed by atoms with van der Waals surface area (Å²) in [5.41, 5.74) is 2.09. The number of rotatable bonds is 0. The zero-order valence-corrected chi connectivity index (χ0v) is 14.7. The third-order valence-corrected chi connectivity index (χ3v) is 8.67. The molecule has 0 aliphatic heterocycles. The molecule has 5 rings (SSSR count). The van der Waals surface area contributed by atoms with Crippen LogP contribution in [0.25, 0.3) is 0 Å². The Labute approximate surface area is 143 Å². The first-order valence-electron chi connectivity index (χ1n) is 9.69. The molecular weight excluding hydrogens is 300 g/mol. The zero-order chi connectivity index (χ0) is 16.7. The number of aromatic amines is 1. The molecule has 7 atom stereocenters. The topological polar surface area (TPSA) is 66.0 Å². The average Bonchev–Trinajstić information content (AvgIpc) is 3.12. The Morgan fingerprint density at radius 1 is 1.12 bits per heavy atom. The second-order valence-corrected chi connectivity index (χ2v) is 9.46. The lowest BCUT2D eigenvalue weighted by Crippen LogP contribution is -2.56. The largest absolute Gasteiger partial charge is 0.393 e. The summed E-state index contributed by atoms with van der Waals surface area (Å²) in [6.45, 7) is 4.69. The number of ketones is 1. The lowest BCUT2D eigenvalue weighted by atomic mass is 9.45. The molecule has 1 heterocycles. The Morgan fingerprint density at radius 3 is 2.75 bits per heavy atom. The van der Waals surface area contributed by atoms with Crippen molar-refractivity contribution in [2.45, 2.75) is 64.9 Å². The van der Waals surface area contributed by atoms with Crippen molar-refractivity contribution in [1.82, 2.24) is 10.2 Å². The fraction of sp³-hybridized carbons (Fsp3) is 0.800. The van der Waals surface area contributed by atoms with Gasteiger partial charge < -0.3 is 5.11 Å². The summed E-state index contributed by atoms with van der Waals surface area (Å²) in [7, 11) is 0. The molecule has 130 valence electrons. The van der Waals surface area contributed by atoms with Crippen molar-refractivity contribution < 1.29 is 9.90 Å². The van der Waals surface area contributed by atoms with Crippen LogP contribution in [0.1, 0.15) is 68.4 Å². The number of nitrogens with zero attached hydrogens (tertiary/aromatic N) is 1. The Kier molecular flexibility index (Phi) is 2.97. The van der Waals surface area contributed by atoms with Crippen LogP contribution in [0.3, 0.4) is 0 Å². The van der Waals surface area contributed by atoms with E-state index < -0.39 is 0 Å². The summed E-state index contributed by atoms with van der Waals surface area (Å²) >= 11 is 0. The molecule has 1 aromatic rings. The highest BCUT2D eigenvalue weighted by molar-refractivity contribution is 5.99. The Morgan fingerprint density at radius 2 is 1.92 bits per heavy atom. The molecule has 2 N–H and O–H groups in total. The maximum Gasteiger partial charge on any atom is 0.184 e. The smallest absolute Gasteiger partial charge is 0.184 e. The van der Waals surface area contributed by atoms with E-state index >= 15 is 0 Å². The second-order valence-electron chi connectivity index (χ2n) is 9.46. The van der Waals surface area contributed by atoms with Gasteiger partial charge in [-0.2, -0.15) is 5.10 Å². The SMILES string of the molecule is C[C@]12Cc3cn[nH]c3C(=O)C1CC[C@@H]1C2CC[C@@]2(C)C1CC[C@@H]2O. The van der Waals surface area contributed by atoms with Gasteiger partial charge in [-0.25, -0.2) is 0 Å². The van der Waals surface area contributed by atoms with Crippen LogP contribution in [0.4, 0.5) is 0 Å². The highest BCUT2D eigenvalue weighted by atomic mass is 16.3. The quantitative estimate of drug-likeness (QED) is 0.767. The van der Waals surface area contributed by atoms with Crippen molar-refractivity contribution in [1.29, 1.82) is 0 Å². The third-order valence-electron chi connectivity index (χ3n) is 8.67. The van der Waals surface area contributed by atoms with Crippen LogP contribution in [0.2, 0.25) is 0 Å². The molecule has 4 nitrogen and oxygen atoms in total. The van der Waals surface area contributed by atoms with Gasteiger partial charge in [-0.1, -0.05) is 13.8 Å². The van der Waals surface area contributed by atoms with E-state index in [0.717, 1.165) is 43.4 Å². The van der Waals surface area contributed by atoms with Crippen LogP contribution < -0.4 is 0 Å². The number of aromatic nitrogens is 2. The molecule has 0 amide bonds. The van der Waals surface area contributed by atoms with Gasteiger partial charge >= 0.3 is 0 Å². The van der Waals surface area contributed by atoms with Gasteiger partial charge in [0, 0.05) is 11.5 Å². The number of carbonyl (C=O) groups is 1. The van der Waals surface area contributed by atoms with Crippen molar-refractivity contribution in [3.05, 3.63) is 17.5 Å². The Bertz CT molecular complexity index is 698. The van der Waals surface area contributed by atoms with Crippen LogP contribution in [-0.2, 0) is 6.42 Å². The number of aliphatic hydroxyl groups is 1. The van der Waals surface area contributed by atoms with Gasteiger partial charge in [0.15, 0.2) is 5.78 Å². The van der Waals surface area contributed by atoms with Gasteiger partial charge in [-0.05, 0) is 73.5 Å². The average molecular weight is 328 g/mol. The molecule has 0 spiro atoms. The van der Waals surface area contributed by atoms with Gasteiger partial charge in [0.25, 0.3) is 0 Å². The van der Waals surface area contributed by atoms with Crippen molar-refractivity contribution in [3.8, 4) is 0 Å². The predicted molar refractivity (Wildman–Crippen MR) is 90.5 cm³/mol. The third kappa shape index (κ3) is 1.68. The normalized spacial score (nSPS) is 50.0. The van der Waals surface area contributed by atoms with Crippen molar-refractivity contribution in [3.63, 3.8) is 0 Å². The fourth-order valence-electron chi connectivity index (χ4n) is 7.36. The van der Waals surface area contributed by atoms with E-state index in [2.05, 4.69) is 24.0 Å². The predicted octanol–water partition coefficient (Wildman–Crippen LogP) is 3.37. The number of hydrogen-bond donors (Lipinski definition) is 2. The first-order chi connectivity index (χ1) is 11.4. The van der Waals surface area contributed by atoms with E-state index in [-0.39, 0.29) is 22.9 Å². The maximum atomic E-state index is 13.0. The summed E-state index contributed by atoms with van der Waals surface area (Å²) in [4.78, 5) is 13.0. The van der Waals surface area contributed by atoms with Crippen LogP contribution in [0, 0.1) is 34.5 Å². The number of H-pyrrole nitrogens is 1. The molecular formula is C20H28N2O2. The minimum atomic E-state index is -0.123.